The summed E-state index contributed by atoms with van der Waals surface area (Å²) in [6.07, 6.45) is 10.6. The number of halogens is 2. The van der Waals surface area contributed by atoms with Gasteiger partial charge in [-0.2, -0.15) is 0 Å². The Hall–Kier alpha value is -0.770. The van der Waals surface area contributed by atoms with Gasteiger partial charge in [-0.25, -0.2) is 0 Å². The summed E-state index contributed by atoms with van der Waals surface area (Å²) in [6.45, 7) is 2.60. The van der Waals surface area contributed by atoms with Crippen molar-refractivity contribution in [3.63, 3.8) is 0 Å². The highest BCUT2D eigenvalue weighted by Crippen LogP contribution is 2.28. The van der Waals surface area contributed by atoms with E-state index in [2.05, 4.69) is 10.2 Å². The summed E-state index contributed by atoms with van der Waals surface area (Å²) in [5, 5.41) is 4.79. The van der Waals surface area contributed by atoms with Crippen molar-refractivity contribution in [2.24, 2.45) is 5.92 Å². The highest BCUT2D eigenvalue weighted by Gasteiger charge is 2.27. The van der Waals surface area contributed by atoms with E-state index in [1.54, 1.807) is 0 Å². The minimum Gasteiger partial charge on any atom is -0.353 e. The largest absolute Gasteiger partial charge is 0.353 e. The molecule has 1 heterocycles. The molecular formula is C21H30Cl2N2O. The number of hydrogen-bond donors (Lipinski definition) is 1. The lowest BCUT2D eigenvalue weighted by Gasteiger charge is -2.32. The first-order chi connectivity index (χ1) is 12.6. The second-order valence-corrected chi connectivity index (χ2v) is 8.62. The molecule has 1 aromatic rings. The molecule has 0 spiro atoms. The second-order valence-electron chi connectivity index (χ2n) is 7.80. The number of hydrogen-bond acceptors (Lipinski definition) is 2. The molecule has 2 fully saturated rings. The average molecular weight is 397 g/mol. The monoisotopic (exact) mass is 396 g/mol. The Labute approximate surface area is 167 Å². The minimum atomic E-state index is 0.151. The van der Waals surface area contributed by atoms with Crippen LogP contribution in [0, 0.1) is 5.92 Å². The molecule has 144 valence electrons. The van der Waals surface area contributed by atoms with Gasteiger partial charge in [0.2, 0.25) is 5.91 Å². The van der Waals surface area contributed by atoms with E-state index in [0.717, 1.165) is 60.9 Å². The van der Waals surface area contributed by atoms with Crippen LogP contribution in [-0.4, -0.2) is 29.9 Å². The van der Waals surface area contributed by atoms with Gasteiger partial charge >= 0.3 is 0 Å². The van der Waals surface area contributed by atoms with Crippen molar-refractivity contribution in [2.75, 3.05) is 13.1 Å². The highest BCUT2D eigenvalue weighted by molar-refractivity contribution is 6.35. The fraction of sp³-hybridized carbons (Fsp3) is 0.667. The number of rotatable bonds is 4. The summed E-state index contributed by atoms with van der Waals surface area (Å²) in [6, 6.07) is 6.04. The molecule has 0 bridgehead atoms. The van der Waals surface area contributed by atoms with Crippen LogP contribution >= 0.6 is 23.2 Å². The van der Waals surface area contributed by atoms with E-state index in [0.29, 0.717) is 6.04 Å². The number of amides is 1. The summed E-state index contributed by atoms with van der Waals surface area (Å²) in [4.78, 5) is 15.0. The molecule has 0 atom stereocenters. The van der Waals surface area contributed by atoms with Crippen LogP contribution in [0.2, 0.25) is 10.0 Å². The molecule has 1 amide bonds. The molecule has 1 N–H and O–H groups in total. The first-order valence-electron chi connectivity index (χ1n) is 10.1. The maximum Gasteiger partial charge on any atom is 0.223 e. The summed E-state index contributed by atoms with van der Waals surface area (Å²) < 4.78 is 0. The van der Waals surface area contributed by atoms with Crippen molar-refractivity contribution < 1.29 is 4.79 Å². The molecule has 5 heteroatoms. The van der Waals surface area contributed by atoms with E-state index in [9.17, 15) is 4.79 Å². The Balaban J connectivity index is 1.46. The van der Waals surface area contributed by atoms with Gasteiger partial charge in [-0.3, -0.25) is 9.69 Å². The molecule has 0 unspecified atom stereocenters. The van der Waals surface area contributed by atoms with Crippen LogP contribution in [0.15, 0.2) is 18.2 Å². The van der Waals surface area contributed by atoms with E-state index in [-0.39, 0.29) is 11.8 Å². The first-order valence-corrected chi connectivity index (χ1v) is 10.8. The molecule has 1 saturated heterocycles. The Morgan fingerprint density at radius 3 is 2.15 bits per heavy atom. The Bertz CT molecular complexity index is 571. The van der Waals surface area contributed by atoms with Gasteiger partial charge in [0, 0.05) is 34.1 Å². The van der Waals surface area contributed by atoms with Crippen LogP contribution in [0.4, 0.5) is 0 Å². The molecule has 2 aliphatic rings. The fourth-order valence-corrected chi connectivity index (χ4v) is 4.70. The van der Waals surface area contributed by atoms with Crippen molar-refractivity contribution in [2.45, 2.75) is 70.4 Å². The molecule has 1 aliphatic carbocycles. The highest BCUT2D eigenvalue weighted by atomic mass is 35.5. The third-order valence-corrected chi connectivity index (χ3v) is 6.56. The molecule has 1 aliphatic heterocycles. The van der Waals surface area contributed by atoms with Gasteiger partial charge in [0.05, 0.1) is 0 Å². The molecule has 3 nitrogen and oxygen atoms in total. The Kier molecular flexibility index (Phi) is 7.65. The minimum absolute atomic E-state index is 0.151. The standard InChI is InChI=1S/C21H30Cl2N2O/c22-19-9-6-10-20(23)18(19)15-25-13-11-16(12-14-25)21(26)24-17-7-4-2-1-3-5-8-17/h6,9-10,16-17H,1-5,7-8,11-15H2,(H,24,26). The van der Waals surface area contributed by atoms with Crippen molar-refractivity contribution in [1.29, 1.82) is 0 Å². The third kappa shape index (κ3) is 5.61. The van der Waals surface area contributed by atoms with Gasteiger partial charge in [-0.15, -0.1) is 0 Å². The summed E-state index contributed by atoms with van der Waals surface area (Å²) >= 11 is 12.6. The zero-order valence-corrected chi connectivity index (χ0v) is 17.0. The zero-order valence-electron chi connectivity index (χ0n) is 15.5. The molecule has 26 heavy (non-hydrogen) atoms. The van der Waals surface area contributed by atoms with E-state index in [4.69, 9.17) is 23.2 Å². The second kappa shape index (κ2) is 9.96. The van der Waals surface area contributed by atoms with Crippen molar-refractivity contribution in [3.05, 3.63) is 33.8 Å². The van der Waals surface area contributed by atoms with Crippen LogP contribution in [0.3, 0.4) is 0 Å². The maximum atomic E-state index is 12.7. The Morgan fingerprint density at radius 2 is 1.54 bits per heavy atom. The van der Waals surface area contributed by atoms with Gasteiger partial charge < -0.3 is 5.32 Å². The van der Waals surface area contributed by atoms with Gasteiger partial charge in [-0.05, 0) is 50.9 Å². The number of nitrogens with one attached hydrogen (secondary N) is 1. The number of carbonyl (C=O) groups is 1. The number of piperidine rings is 1. The van der Waals surface area contributed by atoms with Crippen LogP contribution in [0.1, 0.15) is 63.4 Å². The SMILES string of the molecule is O=C(NC1CCCCCCC1)C1CCN(Cc2c(Cl)cccc2Cl)CC1. The third-order valence-electron chi connectivity index (χ3n) is 5.85. The number of likely N-dealkylation sites (tertiary alicyclic amines) is 1. The summed E-state index contributed by atoms with van der Waals surface area (Å²) in [7, 11) is 0. The Morgan fingerprint density at radius 1 is 0.962 bits per heavy atom. The molecule has 3 rings (SSSR count). The van der Waals surface area contributed by atoms with Crippen molar-refractivity contribution in [1.82, 2.24) is 10.2 Å². The molecular weight excluding hydrogens is 367 g/mol. The van der Waals surface area contributed by atoms with Crippen LogP contribution in [-0.2, 0) is 11.3 Å². The molecule has 1 saturated carbocycles. The van der Waals surface area contributed by atoms with Crippen molar-refractivity contribution >= 4 is 29.1 Å². The maximum absolute atomic E-state index is 12.7. The summed E-state index contributed by atoms with van der Waals surface area (Å²) in [5.41, 5.74) is 0.994. The predicted octanol–water partition coefficient (Wildman–Crippen LogP) is 5.43. The molecule has 0 aromatic heterocycles. The fourth-order valence-electron chi connectivity index (χ4n) is 4.18. The average Bonchev–Trinajstić information content (AvgIpc) is 2.61. The first kappa shape index (κ1) is 20.0. The van der Waals surface area contributed by atoms with E-state index in [1.807, 2.05) is 18.2 Å². The van der Waals surface area contributed by atoms with E-state index in [1.165, 1.54) is 32.1 Å². The van der Waals surface area contributed by atoms with E-state index >= 15 is 0 Å². The number of benzene rings is 1. The lowest BCUT2D eigenvalue weighted by molar-refractivity contribution is -0.127. The van der Waals surface area contributed by atoms with Gasteiger partial charge in [0.1, 0.15) is 0 Å². The lowest BCUT2D eigenvalue weighted by Crippen LogP contribution is -2.43. The summed E-state index contributed by atoms with van der Waals surface area (Å²) in [5.74, 6) is 0.421. The van der Waals surface area contributed by atoms with Gasteiger partial charge in [-0.1, -0.05) is 61.4 Å². The van der Waals surface area contributed by atoms with Crippen molar-refractivity contribution in [3.8, 4) is 0 Å². The van der Waals surface area contributed by atoms with Crippen LogP contribution in [0.25, 0.3) is 0 Å². The smallest absolute Gasteiger partial charge is 0.223 e. The van der Waals surface area contributed by atoms with Gasteiger partial charge in [0.25, 0.3) is 0 Å². The molecule has 0 radical (unpaired) electrons. The quantitative estimate of drug-likeness (QED) is 0.734. The molecule has 1 aromatic carbocycles. The van der Waals surface area contributed by atoms with Crippen LogP contribution in [0.5, 0.6) is 0 Å². The predicted molar refractivity (Wildman–Crippen MR) is 109 cm³/mol. The van der Waals surface area contributed by atoms with E-state index < -0.39 is 0 Å². The van der Waals surface area contributed by atoms with Crippen LogP contribution < -0.4 is 5.32 Å². The number of nitrogens with zero attached hydrogens (tertiary/aromatic N) is 1. The lowest BCUT2D eigenvalue weighted by atomic mass is 9.93. The normalized spacial score (nSPS) is 21.2. The topological polar surface area (TPSA) is 32.3 Å². The van der Waals surface area contributed by atoms with Gasteiger partial charge in [0.15, 0.2) is 0 Å². The zero-order chi connectivity index (χ0) is 18.4. The number of carbonyl (C=O) groups excluding carboxylic acids is 1.